The van der Waals surface area contributed by atoms with Gasteiger partial charge in [0.1, 0.15) is 11.9 Å². The molecule has 0 heterocycles. The summed E-state index contributed by atoms with van der Waals surface area (Å²) in [6.45, 7) is 5.70. The van der Waals surface area contributed by atoms with Crippen LogP contribution in [0.1, 0.15) is 33.9 Å². The predicted octanol–water partition coefficient (Wildman–Crippen LogP) is 3.83. The highest BCUT2D eigenvalue weighted by Crippen LogP contribution is 2.25. The van der Waals surface area contributed by atoms with Crippen LogP contribution in [0.15, 0.2) is 36.4 Å². The van der Waals surface area contributed by atoms with E-state index in [1.54, 1.807) is 19.1 Å². The zero-order valence-electron chi connectivity index (χ0n) is 10.9. The fourth-order valence-electron chi connectivity index (χ4n) is 2.20. The van der Waals surface area contributed by atoms with Crippen molar-refractivity contribution in [3.8, 4) is 0 Å². The molecule has 18 heavy (non-hydrogen) atoms. The number of benzene rings is 2. The summed E-state index contributed by atoms with van der Waals surface area (Å²) in [5.74, 6) is -0.244. The summed E-state index contributed by atoms with van der Waals surface area (Å²) in [6, 6.07) is 10.7. The van der Waals surface area contributed by atoms with E-state index in [9.17, 15) is 9.50 Å². The molecule has 0 saturated carbocycles. The Morgan fingerprint density at radius 3 is 2.06 bits per heavy atom. The van der Waals surface area contributed by atoms with Gasteiger partial charge in [-0.2, -0.15) is 0 Å². The zero-order chi connectivity index (χ0) is 13.3. The maximum absolute atomic E-state index is 13.2. The summed E-state index contributed by atoms with van der Waals surface area (Å²) in [6.07, 6.45) is -0.706. The molecule has 0 bridgehead atoms. The summed E-state index contributed by atoms with van der Waals surface area (Å²) in [5, 5.41) is 10.3. The number of aliphatic hydroxyl groups excluding tert-OH is 1. The van der Waals surface area contributed by atoms with Crippen molar-refractivity contribution < 1.29 is 9.50 Å². The number of rotatable bonds is 2. The second-order valence-corrected chi connectivity index (χ2v) is 4.83. The van der Waals surface area contributed by atoms with E-state index in [2.05, 4.69) is 6.07 Å². The third-order valence-electron chi connectivity index (χ3n) is 3.06. The molecule has 2 aromatic carbocycles. The van der Waals surface area contributed by atoms with Gasteiger partial charge in [0.2, 0.25) is 0 Å². The van der Waals surface area contributed by atoms with Crippen LogP contribution >= 0.6 is 0 Å². The molecule has 0 aromatic heterocycles. The van der Waals surface area contributed by atoms with E-state index < -0.39 is 6.10 Å². The molecule has 0 fully saturated rings. The molecule has 1 nitrogen and oxygen atoms in total. The monoisotopic (exact) mass is 244 g/mol. The van der Waals surface area contributed by atoms with E-state index in [1.165, 1.54) is 6.07 Å². The maximum Gasteiger partial charge on any atom is 0.126 e. The van der Waals surface area contributed by atoms with E-state index in [-0.39, 0.29) is 5.82 Å². The quantitative estimate of drug-likeness (QED) is 0.851. The van der Waals surface area contributed by atoms with Gasteiger partial charge in [-0.3, -0.25) is 0 Å². The average molecular weight is 244 g/mol. The van der Waals surface area contributed by atoms with Gasteiger partial charge in [0, 0.05) is 0 Å². The summed E-state index contributed by atoms with van der Waals surface area (Å²) in [4.78, 5) is 0. The lowest BCUT2D eigenvalue weighted by Crippen LogP contribution is -2.01. The fraction of sp³-hybridized carbons (Fsp3) is 0.250. The Labute approximate surface area is 107 Å². The number of hydrogen-bond acceptors (Lipinski definition) is 1. The Hall–Kier alpha value is -1.67. The highest BCUT2D eigenvalue weighted by molar-refractivity contribution is 5.36. The van der Waals surface area contributed by atoms with E-state index in [0.29, 0.717) is 5.56 Å². The lowest BCUT2D eigenvalue weighted by Gasteiger charge is -2.14. The number of hydrogen-bond donors (Lipinski definition) is 1. The van der Waals surface area contributed by atoms with Gasteiger partial charge in [0.15, 0.2) is 0 Å². The molecule has 0 spiro atoms. The van der Waals surface area contributed by atoms with Crippen molar-refractivity contribution in [2.45, 2.75) is 26.9 Å². The molecular weight excluding hydrogens is 227 g/mol. The molecule has 0 amide bonds. The van der Waals surface area contributed by atoms with Crippen LogP contribution < -0.4 is 0 Å². The summed E-state index contributed by atoms with van der Waals surface area (Å²) < 4.78 is 13.2. The van der Waals surface area contributed by atoms with Crippen LogP contribution in [-0.2, 0) is 0 Å². The third-order valence-corrected chi connectivity index (χ3v) is 3.06. The van der Waals surface area contributed by atoms with E-state index in [0.717, 1.165) is 22.3 Å². The molecule has 0 aliphatic carbocycles. The van der Waals surface area contributed by atoms with Gasteiger partial charge < -0.3 is 5.11 Å². The van der Waals surface area contributed by atoms with Gasteiger partial charge in [0.25, 0.3) is 0 Å². The first-order valence-electron chi connectivity index (χ1n) is 5.99. The van der Waals surface area contributed by atoms with E-state index >= 15 is 0 Å². The van der Waals surface area contributed by atoms with E-state index in [4.69, 9.17) is 0 Å². The van der Waals surface area contributed by atoms with E-state index in [1.807, 2.05) is 26.0 Å². The Balaban J connectivity index is 2.40. The SMILES string of the molecule is Cc1cc(C)cc(C(O)c2ccc(F)c(C)c2)c1. The first kappa shape index (κ1) is 12.8. The van der Waals surface area contributed by atoms with Crippen LogP contribution in [0.3, 0.4) is 0 Å². The van der Waals surface area contributed by atoms with Gasteiger partial charge >= 0.3 is 0 Å². The highest BCUT2D eigenvalue weighted by Gasteiger charge is 2.12. The van der Waals surface area contributed by atoms with Crippen molar-refractivity contribution in [3.63, 3.8) is 0 Å². The van der Waals surface area contributed by atoms with Crippen LogP contribution in [0.5, 0.6) is 0 Å². The third kappa shape index (κ3) is 2.59. The van der Waals surface area contributed by atoms with Crippen LogP contribution in [0.25, 0.3) is 0 Å². The molecule has 0 aliphatic rings. The Kier molecular flexibility index (Phi) is 3.48. The minimum Gasteiger partial charge on any atom is -0.384 e. The molecule has 94 valence electrons. The van der Waals surface area contributed by atoms with Gasteiger partial charge in [-0.15, -0.1) is 0 Å². The van der Waals surface area contributed by atoms with Gasteiger partial charge in [0.05, 0.1) is 0 Å². The largest absolute Gasteiger partial charge is 0.384 e. The number of halogens is 1. The second-order valence-electron chi connectivity index (χ2n) is 4.83. The lowest BCUT2D eigenvalue weighted by molar-refractivity contribution is 0.220. The minimum atomic E-state index is -0.706. The molecule has 0 radical (unpaired) electrons. The zero-order valence-corrected chi connectivity index (χ0v) is 10.9. The molecule has 2 rings (SSSR count). The van der Waals surface area contributed by atoms with Crippen molar-refractivity contribution >= 4 is 0 Å². The van der Waals surface area contributed by atoms with Crippen LogP contribution in [-0.4, -0.2) is 5.11 Å². The van der Waals surface area contributed by atoms with Crippen LogP contribution in [0, 0.1) is 26.6 Å². The number of aliphatic hydroxyl groups is 1. The Morgan fingerprint density at radius 2 is 1.50 bits per heavy atom. The maximum atomic E-state index is 13.2. The average Bonchev–Trinajstić information content (AvgIpc) is 2.30. The molecule has 1 N–H and O–H groups in total. The van der Waals surface area contributed by atoms with Crippen molar-refractivity contribution in [2.24, 2.45) is 0 Å². The molecule has 2 heteroatoms. The Bertz CT molecular complexity index is 555. The molecule has 1 unspecified atom stereocenters. The predicted molar refractivity (Wildman–Crippen MR) is 71.1 cm³/mol. The molecule has 1 atom stereocenters. The van der Waals surface area contributed by atoms with Crippen molar-refractivity contribution in [1.82, 2.24) is 0 Å². The number of aryl methyl sites for hydroxylation is 3. The van der Waals surface area contributed by atoms with Gasteiger partial charge in [-0.1, -0.05) is 41.5 Å². The summed E-state index contributed by atoms with van der Waals surface area (Å²) in [7, 11) is 0. The normalized spacial score (nSPS) is 12.5. The molecule has 2 aromatic rings. The molecular formula is C16H17FO. The summed E-state index contributed by atoms with van der Waals surface area (Å²) >= 11 is 0. The highest BCUT2D eigenvalue weighted by atomic mass is 19.1. The summed E-state index contributed by atoms with van der Waals surface area (Å²) in [5.41, 5.74) is 4.35. The minimum absolute atomic E-state index is 0.244. The first-order chi connectivity index (χ1) is 8.47. The smallest absolute Gasteiger partial charge is 0.126 e. The molecule has 0 aliphatic heterocycles. The van der Waals surface area contributed by atoms with Gasteiger partial charge in [-0.05, 0) is 43.5 Å². The standard InChI is InChI=1S/C16H17FO/c1-10-6-11(2)8-14(7-10)16(18)13-4-5-15(17)12(3)9-13/h4-9,16,18H,1-3H3. The second kappa shape index (κ2) is 4.91. The lowest BCUT2D eigenvalue weighted by atomic mass is 9.97. The van der Waals surface area contributed by atoms with Gasteiger partial charge in [-0.25, -0.2) is 4.39 Å². The first-order valence-corrected chi connectivity index (χ1v) is 5.99. The van der Waals surface area contributed by atoms with Crippen molar-refractivity contribution in [2.75, 3.05) is 0 Å². The molecule has 0 saturated heterocycles. The van der Waals surface area contributed by atoms with Crippen LogP contribution in [0.4, 0.5) is 4.39 Å². The topological polar surface area (TPSA) is 20.2 Å². The van der Waals surface area contributed by atoms with Crippen molar-refractivity contribution in [3.05, 3.63) is 70.0 Å². The van der Waals surface area contributed by atoms with Crippen LogP contribution in [0.2, 0.25) is 0 Å². The fourth-order valence-corrected chi connectivity index (χ4v) is 2.20. The Morgan fingerprint density at radius 1 is 0.889 bits per heavy atom. The van der Waals surface area contributed by atoms with Crippen molar-refractivity contribution in [1.29, 1.82) is 0 Å².